The van der Waals surface area contributed by atoms with Gasteiger partial charge in [-0.05, 0) is 35.9 Å². The summed E-state index contributed by atoms with van der Waals surface area (Å²) in [6, 6.07) is 16.3. The number of para-hydroxylation sites is 1. The van der Waals surface area contributed by atoms with Crippen molar-refractivity contribution in [2.45, 2.75) is 12.8 Å². The number of benzene rings is 2. The lowest BCUT2D eigenvalue weighted by atomic mass is 9.94. The number of esters is 1. The predicted molar refractivity (Wildman–Crippen MR) is 115 cm³/mol. The molecule has 0 aliphatic carbocycles. The van der Waals surface area contributed by atoms with Crippen LogP contribution in [0.3, 0.4) is 0 Å². The molecule has 4 rings (SSSR count). The van der Waals surface area contributed by atoms with Crippen LogP contribution in [0.4, 0.5) is 5.82 Å². The second-order valence-corrected chi connectivity index (χ2v) is 7.09. The molecule has 3 aromatic rings. The van der Waals surface area contributed by atoms with Gasteiger partial charge in [-0.1, -0.05) is 24.3 Å². The summed E-state index contributed by atoms with van der Waals surface area (Å²) in [6.07, 6.45) is 1.66. The maximum Gasteiger partial charge on any atom is 0.308 e. The maximum atomic E-state index is 13.5. The number of pyridine rings is 1. The molecule has 1 aliphatic heterocycles. The zero-order chi connectivity index (χ0) is 22.0. The van der Waals surface area contributed by atoms with E-state index in [4.69, 9.17) is 14.2 Å². The minimum atomic E-state index is -0.483. The van der Waals surface area contributed by atoms with Crippen molar-refractivity contribution < 1.29 is 23.8 Å². The molecule has 7 heteroatoms. The fraction of sp³-hybridized carbons (Fsp3) is 0.208. The molecule has 0 saturated carbocycles. The van der Waals surface area contributed by atoms with Crippen LogP contribution in [0.25, 0.3) is 0 Å². The minimum absolute atomic E-state index is 0.0895. The van der Waals surface area contributed by atoms with Crippen LogP contribution in [0.2, 0.25) is 0 Å². The van der Waals surface area contributed by atoms with Crippen molar-refractivity contribution >= 4 is 17.7 Å². The smallest absolute Gasteiger partial charge is 0.308 e. The Bertz CT molecular complexity index is 1140. The fourth-order valence-corrected chi connectivity index (χ4v) is 3.84. The summed E-state index contributed by atoms with van der Waals surface area (Å²) in [5, 5.41) is 0. The number of carbonyl (C=O) groups is 2. The van der Waals surface area contributed by atoms with Gasteiger partial charge in [0.1, 0.15) is 11.6 Å². The molecular formula is C24H22N2O5. The lowest BCUT2D eigenvalue weighted by molar-refractivity contribution is -0.131. The first-order valence-electron chi connectivity index (χ1n) is 9.79. The Balaban J connectivity index is 1.73. The molecule has 1 atom stereocenters. The van der Waals surface area contributed by atoms with Gasteiger partial charge in [0.2, 0.25) is 0 Å². The van der Waals surface area contributed by atoms with Crippen molar-refractivity contribution in [2.75, 3.05) is 25.7 Å². The standard InChI is InChI=1S/C24H22N2O5/c1-15(27)31-20-9-5-4-7-18(20)24(28)26-14-19(17-8-6-12-25-23(17)26)16-10-11-21(29-2)22(13-16)30-3/h4-13,19H,14H2,1-3H3. The number of ether oxygens (including phenoxy) is 3. The van der Waals surface area contributed by atoms with Gasteiger partial charge in [-0.2, -0.15) is 0 Å². The Hall–Kier alpha value is -3.87. The quantitative estimate of drug-likeness (QED) is 0.463. The Labute approximate surface area is 180 Å². The van der Waals surface area contributed by atoms with Crippen molar-refractivity contribution in [1.29, 1.82) is 0 Å². The second kappa shape index (κ2) is 8.47. The molecule has 31 heavy (non-hydrogen) atoms. The highest BCUT2D eigenvalue weighted by Crippen LogP contribution is 2.42. The zero-order valence-corrected chi connectivity index (χ0v) is 17.5. The van der Waals surface area contributed by atoms with Gasteiger partial charge in [0, 0.05) is 31.1 Å². The monoisotopic (exact) mass is 418 g/mol. The number of amides is 1. The predicted octanol–water partition coefficient (Wildman–Crippen LogP) is 3.82. The third-order valence-corrected chi connectivity index (χ3v) is 5.24. The number of methoxy groups -OCH3 is 2. The van der Waals surface area contributed by atoms with Gasteiger partial charge in [0.25, 0.3) is 5.91 Å². The molecule has 1 aromatic heterocycles. The number of anilines is 1. The van der Waals surface area contributed by atoms with Crippen LogP contribution in [0.1, 0.15) is 34.3 Å². The highest BCUT2D eigenvalue weighted by Gasteiger charge is 2.36. The maximum absolute atomic E-state index is 13.5. The number of fused-ring (bicyclic) bond motifs is 1. The number of hydrogen-bond donors (Lipinski definition) is 0. The van der Waals surface area contributed by atoms with Crippen LogP contribution in [-0.4, -0.2) is 37.6 Å². The normalized spacial score (nSPS) is 14.7. The van der Waals surface area contributed by atoms with Crippen LogP contribution in [0.15, 0.2) is 60.8 Å². The molecular weight excluding hydrogens is 396 g/mol. The molecule has 158 valence electrons. The van der Waals surface area contributed by atoms with E-state index in [1.165, 1.54) is 6.92 Å². The fourth-order valence-electron chi connectivity index (χ4n) is 3.84. The van der Waals surface area contributed by atoms with Gasteiger partial charge in [0.15, 0.2) is 11.5 Å². The summed E-state index contributed by atoms with van der Waals surface area (Å²) in [5.41, 5.74) is 2.23. The summed E-state index contributed by atoms with van der Waals surface area (Å²) in [5.74, 6) is 1.22. The first-order chi connectivity index (χ1) is 15.0. The molecule has 0 fully saturated rings. The first-order valence-corrected chi connectivity index (χ1v) is 9.79. The summed E-state index contributed by atoms with van der Waals surface area (Å²) in [7, 11) is 3.18. The molecule has 1 amide bonds. The third-order valence-electron chi connectivity index (χ3n) is 5.24. The average Bonchev–Trinajstić information content (AvgIpc) is 3.18. The van der Waals surface area contributed by atoms with Crippen LogP contribution in [0.5, 0.6) is 17.2 Å². The van der Waals surface area contributed by atoms with Gasteiger partial charge in [-0.15, -0.1) is 0 Å². The molecule has 2 heterocycles. The lowest BCUT2D eigenvalue weighted by Gasteiger charge is -2.19. The Kier molecular flexibility index (Phi) is 5.58. The number of aromatic nitrogens is 1. The SMILES string of the molecule is COc1ccc(C2CN(C(=O)c3ccccc3OC(C)=O)c3ncccc32)cc1OC. The van der Waals surface area contributed by atoms with E-state index in [0.29, 0.717) is 29.4 Å². The summed E-state index contributed by atoms with van der Waals surface area (Å²) in [6.45, 7) is 1.70. The van der Waals surface area contributed by atoms with E-state index >= 15 is 0 Å². The third kappa shape index (κ3) is 3.82. The van der Waals surface area contributed by atoms with E-state index in [0.717, 1.165) is 11.1 Å². The van der Waals surface area contributed by atoms with E-state index in [1.807, 2.05) is 30.3 Å². The van der Waals surface area contributed by atoms with Gasteiger partial charge >= 0.3 is 5.97 Å². The number of rotatable bonds is 5. The van der Waals surface area contributed by atoms with E-state index in [2.05, 4.69) is 4.98 Å². The molecule has 1 aliphatic rings. The summed E-state index contributed by atoms with van der Waals surface area (Å²) < 4.78 is 16.0. The number of nitrogens with zero attached hydrogens (tertiary/aromatic N) is 2. The van der Waals surface area contributed by atoms with Gasteiger partial charge in [-0.25, -0.2) is 4.98 Å². The van der Waals surface area contributed by atoms with Gasteiger partial charge in [-0.3, -0.25) is 14.5 Å². The Morgan fingerprint density at radius 3 is 2.48 bits per heavy atom. The summed E-state index contributed by atoms with van der Waals surface area (Å²) in [4.78, 5) is 31.0. The summed E-state index contributed by atoms with van der Waals surface area (Å²) >= 11 is 0. The number of hydrogen-bond acceptors (Lipinski definition) is 6. The molecule has 0 saturated heterocycles. The van der Waals surface area contributed by atoms with E-state index in [1.54, 1.807) is 49.6 Å². The largest absolute Gasteiger partial charge is 0.493 e. The van der Waals surface area contributed by atoms with Gasteiger partial charge < -0.3 is 14.2 Å². The topological polar surface area (TPSA) is 78.0 Å². The molecule has 2 aromatic carbocycles. The zero-order valence-electron chi connectivity index (χ0n) is 17.5. The molecule has 1 unspecified atom stereocenters. The molecule has 0 radical (unpaired) electrons. The lowest BCUT2D eigenvalue weighted by Crippen LogP contribution is -2.31. The second-order valence-electron chi connectivity index (χ2n) is 7.09. The molecule has 7 nitrogen and oxygen atoms in total. The van der Waals surface area contributed by atoms with Crippen molar-refractivity contribution in [3.8, 4) is 17.2 Å². The van der Waals surface area contributed by atoms with Crippen molar-refractivity contribution in [1.82, 2.24) is 4.98 Å². The van der Waals surface area contributed by atoms with Crippen molar-refractivity contribution in [3.05, 3.63) is 77.5 Å². The van der Waals surface area contributed by atoms with Gasteiger partial charge in [0.05, 0.1) is 19.8 Å². The Morgan fingerprint density at radius 2 is 1.74 bits per heavy atom. The highest BCUT2D eigenvalue weighted by atomic mass is 16.5. The molecule has 0 spiro atoms. The van der Waals surface area contributed by atoms with Crippen LogP contribution in [0, 0.1) is 0 Å². The van der Waals surface area contributed by atoms with Crippen LogP contribution >= 0.6 is 0 Å². The highest BCUT2D eigenvalue weighted by molar-refractivity contribution is 6.09. The van der Waals surface area contributed by atoms with E-state index in [9.17, 15) is 9.59 Å². The molecule has 0 N–H and O–H groups in total. The first kappa shape index (κ1) is 20.4. The minimum Gasteiger partial charge on any atom is -0.493 e. The van der Waals surface area contributed by atoms with Crippen LogP contribution < -0.4 is 19.1 Å². The Morgan fingerprint density at radius 1 is 0.968 bits per heavy atom. The molecule has 0 bridgehead atoms. The number of carbonyl (C=O) groups excluding carboxylic acids is 2. The van der Waals surface area contributed by atoms with E-state index in [-0.39, 0.29) is 17.6 Å². The van der Waals surface area contributed by atoms with Crippen molar-refractivity contribution in [3.63, 3.8) is 0 Å². The van der Waals surface area contributed by atoms with Crippen LogP contribution in [-0.2, 0) is 4.79 Å². The van der Waals surface area contributed by atoms with Crippen molar-refractivity contribution in [2.24, 2.45) is 0 Å². The van der Waals surface area contributed by atoms with E-state index < -0.39 is 5.97 Å². The average molecular weight is 418 g/mol.